The van der Waals surface area contributed by atoms with Crippen molar-refractivity contribution >= 4 is 17.1 Å². The fourth-order valence-electron chi connectivity index (χ4n) is 3.17. The number of phenolic OH excluding ortho intramolecular Hbond substituents is 2. The minimum absolute atomic E-state index is 0.0456. The van der Waals surface area contributed by atoms with Crippen LogP contribution in [0, 0.1) is 0 Å². The average molecular weight is 353 g/mol. The van der Waals surface area contributed by atoms with Crippen LogP contribution >= 0.6 is 0 Å². The van der Waals surface area contributed by atoms with Gasteiger partial charge in [-0.1, -0.05) is 48.5 Å². The number of phenols is 2. The average Bonchev–Trinajstić information content (AvgIpc) is 2.70. The topological polar surface area (TPSA) is 43.7 Å². The Kier molecular flexibility index (Phi) is 4.50. The predicted molar refractivity (Wildman–Crippen MR) is 110 cm³/mol. The Morgan fingerprint density at radius 3 is 1.37 bits per heavy atom. The number of para-hydroxylation sites is 2. The summed E-state index contributed by atoms with van der Waals surface area (Å²) in [6.45, 7) is 0. The van der Waals surface area contributed by atoms with Crippen molar-refractivity contribution in [1.82, 2.24) is 0 Å². The third-order valence-electron chi connectivity index (χ3n) is 4.39. The van der Waals surface area contributed by atoms with Crippen LogP contribution < -0.4 is 4.90 Å². The van der Waals surface area contributed by atoms with E-state index in [0.29, 0.717) is 0 Å². The summed E-state index contributed by atoms with van der Waals surface area (Å²) >= 11 is 0. The molecule has 0 radical (unpaired) electrons. The Balaban J connectivity index is 1.75. The Labute approximate surface area is 158 Å². The molecule has 0 heterocycles. The van der Waals surface area contributed by atoms with Crippen LogP contribution in [0.1, 0.15) is 0 Å². The molecule has 0 aliphatic rings. The second-order valence-corrected chi connectivity index (χ2v) is 6.29. The van der Waals surface area contributed by atoms with Crippen LogP contribution in [0.15, 0.2) is 103 Å². The summed E-state index contributed by atoms with van der Waals surface area (Å²) in [5, 5.41) is 19.5. The van der Waals surface area contributed by atoms with Crippen LogP contribution in [-0.4, -0.2) is 10.2 Å². The quantitative estimate of drug-likeness (QED) is 0.457. The molecular weight excluding hydrogens is 334 g/mol. The molecule has 3 heteroatoms. The van der Waals surface area contributed by atoms with Gasteiger partial charge in [0.25, 0.3) is 0 Å². The van der Waals surface area contributed by atoms with Crippen molar-refractivity contribution in [2.75, 3.05) is 4.90 Å². The van der Waals surface area contributed by atoms with Gasteiger partial charge >= 0.3 is 0 Å². The van der Waals surface area contributed by atoms with Gasteiger partial charge in [-0.05, 0) is 59.7 Å². The number of benzene rings is 4. The Morgan fingerprint density at radius 1 is 0.444 bits per heavy atom. The molecule has 2 N–H and O–H groups in total. The zero-order valence-electron chi connectivity index (χ0n) is 14.7. The summed E-state index contributed by atoms with van der Waals surface area (Å²) < 4.78 is 0. The molecule has 132 valence electrons. The summed E-state index contributed by atoms with van der Waals surface area (Å²) in [6, 6.07) is 33.1. The predicted octanol–water partition coefficient (Wildman–Crippen LogP) is 6.23. The molecule has 0 saturated carbocycles. The lowest BCUT2D eigenvalue weighted by Gasteiger charge is -2.25. The van der Waals surface area contributed by atoms with Crippen molar-refractivity contribution in [3.05, 3.63) is 103 Å². The molecule has 0 aliphatic carbocycles. The minimum atomic E-state index is 0.0456. The number of aromatic hydroxyl groups is 2. The van der Waals surface area contributed by atoms with Gasteiger partial charge in [0.2, 0.25) is 0 Å². The highest BCUT2D eigenvalue weighted by atomic mass is 16.3. The molecule has 0 fully saturated rings. The van der Waals surface area contributed by atoms with Crippen molar-refractivity contribution in [2.24, 2.45) is 0 Å². The first-order valence-corrected chi connectivity index (χ1v) is 8.74. The van der Waals surface area contributed by atoms with Crippen LogP contribution in [-0.2, 0) is 0 Å². The van der Waals surface area contributed by atoms with Gasteiger partial charge in [-0.25, -0.2) is 0 Å². The Bertz CT molecular complexity index is 969. The maximum Gasteiger partial charge on any atom is 0.119 e. The second kappa shape index (κ2) is 7.26. The zero-order valence-corrected chi connectivity index (χ0v) is 14.7. The fraction of sp³-hybridized carbons (Fsp3) is 0. The van der Waals surface area contributed by atoms with Gasteiger partial charge in [0.1, 0.15) is 11.5 Å². The summed E-state index contributed by atoms with van der Waals surface area (Å²) in [5.41, 5.74) is 4.87. The number of nitrogens with zero attached hydrogens (tertiary/aromatic N) is 1. The monoisotopic (exact) mass is 353 g/mol. The van der Waals surface area contributed by atoms with E-state index in [4.69, 9.17) is 0 Å². The molecule has 4 rings (SSSR count). The molecule has 0 spiro atoms. The maximum atomic E-state index is 9.73. The van der Waals surface area contributed by atoms with E-state index in [9.17, 15) is 10.2 Å². The van der Waals surface area contributed by atoms with Crippen molar-refractivity contribution in [1.29, 1.82) is 0 Å². The van der Waals surface area contributed by atoms with E-state index in [0.717, 1.165) is 28.2 Å². The molecule has 0 bridgehead atoms. The molecule has 27 heavy (non-hydrogen) atoms. The highest BCUT2D eigenvalue weighted by Gasteiger charge is 2.12. The molecule has 0 unspecified atom stereocenters. The summed E-state index contributed by atoms with van der Waals surface area (Å²) in [7, 11) is 0. The first-order valence-electron chi connectivity index (χ1n) is 8.74. The molecule has 0 atom stereocenters. The highest BCUT2D eigenvalue weighted by Crippen LogP contribution is 2.36. The number of anilines is 3. The summed E-state index contributed by atoms with van der Waals surface area (Å²) in [4.78, 5) is 2.18. The summed E-state index contributed by atoms with van der Waals surface area (Å²) in [6.07, 6.45) is 0. The lowest BCUT2D eigenvalue weighted by Crippen LogP contribution is -2.09. The van der Waals surface area contributed by atoms with Crippen molar-refractivity contribution in [3.8, 4) is 22.6 Å². The van der Waals surface area contributed by atoms with E-state index in [2.05, 4.69) is 29.2 Å². The lowest BCUT2D eigenvalue weighted by atomic mass is 10.0. The van der Waals surface area contributed by atoms with Crippen LogP contribution in [0.3, 0.4) is 0 Å². The third kappa shape index (κ3) is 3.62. The molecular formula is C24H19NO2. The highest BCUT2D eigenvalue weighted by molar-refractivity contribution is 5.78. The molecule has 3 nitrogen and oxygen atoms in total. The van der Waals surface area contributed by atoms with Crippen molar-refractivity contribution in [2.45, 2.75) is 0 Å². The molecule has 4 aromatic rings. The van der Waals surface area contributed by atoms with E-state index >= 15 is 0 Å². The Hall–Kier alpha value is -3.72. The van der Waals surface area contributed by atoms with Crippen LogP contribution in [0.25, 0.3) is 11.1 Å². The van der Waals surface area contributed by atoms with E-state index in [-0.39, 0.29) is 11.5 Å². The van der Waals surface area contributed by atoms with Gasteiger partial charge in [-0.2, -0.15) is 0 Å². The van der Waals surface area contributed by atoms with Gasteiger partial charge in [0, 0.05) is 23.1 Å². The van der Waals surface area contributed by atoms with E-state index in [1.807, 2.05) is 60.7 Å². The molecule has 0 aromatic heterocycles. The van der Waals surface area contributed by atoms with Crippen LogP contribution in [0.5, 0.6) is 11.5 Å². The number of rotatable bonds is 4. The Morgan fingerprint density at radius 2 is 0.889 bits per heavy atom. The second-order valence-electron chi connectivity index (χ2n) is 6.29. The molecule has 0 saturated heterocycles. The smallest absolute Gasteiger partial charge is 0.119 e. The minimum Gasteiger partial charge on any atom is -0.508 e. The normalized spacial score (nSPS) is 10.5. The fourth-order valence-corrected chi connectivity index (χ4v) is 3.17. The first kappa shape index (κ1) is 16.7. The van der Waals surface area contributed by atoms with E-state index in [1.54, 1.807) is 12.1 Å². The molecule has 0 amide bonds. The van der Waals surface area contributed by atoms with Gasteiger partial charge in [-0.15, -0.1) is 0 Å². The molecule has 4 aromatic carbocycles. The van der Waals surface area contributed by atoms with Gasteiger partial charge in [-0.3, -0.25) is 0 Å². The SMILES string of the molecule is Oc1cc(O)cc(-c2ccc(N(c3ccccc3)c3ccccc3)cc2)c1. The van der Waals surface area contributed by atoms with Crippen molar-refractivity contribution in [3.63, 3.8) is 0 Å². The number of hydrogen-bond acceptors (Lipinski definition) is 3. The van der Waals surface area contributed by atoms with E-state index in [1.165, 1.54) is 6.07 Å². The largest absolute Gasteiger partial charge is 0.508 e. The zero-order chi connectivity index (χ0) is 18.6. The van der Waals surface area contributed by atoms with Crippen molar-refractivity contribution < 1.29 is 10.2 Å². The van der Waals surface area contributed by atoms with Crippen LogP contribution in [0.4, 0.5) is 17.1 Å². The molecule has 0 aliphatic heterocycles. The van der Waals surface area contributed by atoms with Gasteiger partial charge in [0.05, 0.1) is 0 Å². The third-order valence-corrected chi connectivity index (χ3v) is 4.39. The maximum absolute atomic E-state index is 9.73. The summed E-state index contributed by atoms with van der Waals surface area (Å²) in [5.74, 6) is 0.0912. The van der Waals surface area contributed by atoms with Gasteiger partial charge in [0.15, 0.2) is 0 Å². The first-order chi connectivity index (χ1) is 13.2. The van der Waals surface area contributed by atoms with Crippen LogP contribution in [0.2, 0.25) is 0 Å². The number of hydrogen-bond donors (Lipinski definition) is 2. The van der Waals surface area contributed by atoms with E-state index < -0.39 is 0 Å². The van der Waals surface area contributed by atoms with Gasteiger partial charge < -0.3 is 15.1 Å². The standard InChI is InChI=1S/C24H19NO2/c26-23-15-19(16-24(27)17-23)18-11-13-22(14-12-18)25(20-7-3-1-4-8-20)21-9-5-2-6-10-21/h1-17,26-27H. The lowest BCUT2D eigenvalue weighted by molar-refractivity contribution is 0.451.